The lowest BCUT2D eigenvalue weighted by Crippen LogP contribution is -2.35. The van der Waals surface area contributed by atoms with Gasteiger partial charge in [-0.2, -0.15) is 0 Å². The van der Waals surface area contributed by atoms with Crippen LogP contribution in [0.4, 0.5) is 0 Å². The maximum absolute atomic E-state index is 11.5. The molecule has 0 radical (unpaired) electrons. The normalized spacial score (nSPS) is 11.4. The van der Waals surface area contributed by atoms with E-state index in [9.17, 15) is 19.5 Å². The minimum atomic E-state index is -1.28. The number of esters is 2. The molecule has 0 aromatic heterocycles. The maximum atomic E-state index is 11.5. The Hall–Kier alpha value is -1.47. The van der Waals surface area contributed by atoms with Crippen LogP contribution in [0.15, 0.2) is 0 Å². The Morgan fingerprint density at radius 3 is 1.92 bits per heavy atom. The van der Waals surface area contributed by atoms with Crippen molar-refractivity contribution >= 4 is 17.9 Å². The molecule has 24 heavy (non-hydrogen) atoms. The van der Waals surface area contributed by atoms with Gasteiger partial charge in [-0.15, -0.1) is 0 Å². The zero-order valence-corrected chi connectivity index (χ0v) is 15.2. The van der Waals surface area contributed by atoms with E-state index in [2.05, 4.69) is 11.7 Å². The monoisotopic (exact) mass is 346 g/mol. The van der Waals surface area contributed by atoms with Crippen molar-refractivity contribution in [3.8, 4) is 0 Å². The lowest BCUT2D eigenvalue weighted by molar-refractivity contribution is -0.305. The first-order valence-corrected chi connectivity index (χ1v) is 8.67. The third kappa shape index (κ3) is 15.4. The Morgan fingerprint density at radius 1 is 0.917 bits per heavy atom. The number of hydrogen-bond donors (Lipinski definition) is 2. The second kappa shape index (κ2) is 16.4. The molecule has 0 saturated carbocycles. The highest BCUT2D eigenvalue weighted by molar-refractivity contribution is 5.88. The van der Waals surface area contributed by atoms with E-state index < -0.39 is 23.9 Å². The Labute approximate surface area is 144 Å². The average Bonchev–Trinajstić information content (AvgIpc) is 2.50. The van der Waals surface area contributed by atoms with Crippen LogP contribution in [-0.2, 0) is 19.1 Å². The molecule has 0 rings (SSSR count). The first-order chi connectivity index (χ1) is 11.0. The van der Waals surface area contributed by atoms with Crippen molar-refractivity contribution in [1.82, 2.24) is 6.15 Å². The Balaban J connectivity index is 0. The second-order valence-corrected chi connectivity index (χ2v) is 5.89. The molecule has 0 aromatic rings. The summed E-state index contributed by atoms with van der Waals surface area (Å²) in [7, 11) is 0. The van der Waals surface area contributed by atoms with E-state index in [0.29, 0.717) is 6.42 Å². The van der Waals surface area contributed by atoms with Crippen LogP contribution >= 0.6 is 0 Å². The highest BCUT2D eigenvalue weighted by Crippen LogP contribution is 2.11. The Kier molecular flexibility index (Phi) is 16.9. The largest absolute Gasteiger partial charge is 0.550 e. The fourth-order valence-electron chi connectivity index (χ4n) is 2.21. The predicted molar refractivity (Wildman–Crippen MR) is 91.1 cm³/mol. The van der Waals surface area contributed by atoms with Crippen LogP contribution in [0.2, 0.25) is 0 Å². The number of carbonyl (C=O) groups excluding carboxylic acids is 3. The van der Waals surface area contributed by atoms with Crippen LogP contribution < -0.4 is 17.0 Å². The van der Waals surface area contributed by atoms with E-state index in [0.717, 1.165) is 12.8 Å². The van der Waals surface area contributed by atoms with Gasteiger partial charge in [0.15, 0.2) is 0 Å². The van der Waals surface area contributed by atoms with E-state index in [4.69, 9.17) is 5.73 Å². The summed E-state index contributed by atoms with van der Waals surface area (Å²) in [6.45, 7) is 2.19. The molecular weight excluding hydrogens is 312 g/mol. The molecule has 0 bridgehead atoms. The van der Waals surface area contributed by atoms with Gasteiger partial charge in [0.05, 0.1) is 0 Å². The van der Waals surface area contributed by atoms with Gasteiger partial charge < -0.3 is 26.5 Å². The molecule has 7 heteroatoms. The number of ether oxygens (including phenoxy) is 1. The van der Waals surface area contributed by atoms with Gasteiger partial charge in [-0.3, -0.25) is 4.79 Å². The molecule has 0 unspecified atom stereocenters. The van der Waals surface area contributed by atoms with Gasteiger partial charge in [-0.25, -0.2) is 4.79 Å². The highest BCUT2D eigenvalue weighted by atomic mass is 16.6. The lowest BCUT2D eigenvalue weighted by atomic mass is 10.1. The quantitative estimate of drug-likeness (QED) is 0.280. The van der Waals surface area contributed by atoms with E-state index in [1.807, 2.05) is 0 Å². The van der Waals surface area contributed by atoms with E-state index in [1.165, 1.54) is 38.5 Å². The molecule has 0 fully saturated rings. The van der Waals surface area contributed by atoms with Gasteiger partial charge >= 0.3 is 11.9 Å². The molecule has 0 heterocycles. The van der Waals surface area contributed by atoms with Crippen molar-refractivity contribution in [2.24, 2.45) is 5.73 Å². The number of aliphatic carboxylic acids is 1. The van der Waals surface area contributed by atoms with Crippen molar-refractivity contribution in [1.29, 1.82) is 0 Å². The summed E-state index contributed by atoms with van der Waals surface area (Å²) in [5.41, 5.74) is 5.44. The fraction of sp³-hybridized carbons (Fsp3) is 0.824. The molecular formula is C17H34N2O5. The van der Waals surface area contributed by atoms with Crippen LogP contribution in [-0.4, -0.2) is 23.9 Å². The molecule has 1 atom stereocenters. The molecule has 0 amide bonds. The number of quaternary nitrogens is 1. The summed E-state index contributed by atoms with van der Waals surface area (Å²) >= 11 is 0. The van der Waals surface area contributed by atoms with Gasteiger partial charge in [-0.05, 0) is 19.3 Å². The fourth-order valence-corrected chi connectivity index (χ4v) is 2.21. The SMILES string of the molecule is CCCCCCCCCCCC(=O)OC(=O)[C@@H](N)CCC(=O)[O-].[NH4+]. The van der Waals surface area contributed by atoms with Crippen LogP contribution in [0.1, 0.15) is 84.0 Å². The summed E-state index contributed by atoms with van der Waals surface area (Å²) in [5, 5.41) is 10.3. The third-order valence-electron chi connectivity index (χ3n) is 3.66. The Morgan fingerprint density at radius 2 is 1.42 bits per heavy atom. The number of unbranched alkanes of at least 4 members (excludes halogenated alkanes) is 8. The summed E-state index contributed by atoms with van der Waals surface area (Å²) in [6.07, 6.45) is 9.99. The number of hydrogen-bond acceptors (Lipinski definition) is 6. The first-order valence-electron chi connectivity index (χ1n) is 8.67. The minimum absolute atomic E-state index is 0. The summed E-state index contributed by atoms with van der Waals surface area (Å²) in [5.74, 6) is -2.75. The number of rotatable bonds is 14. The maximum Gasteiger partial charge on any atom is 0.330 e. The van der Waals surface area contributed by atoms with Crippen molar-refractivity contribution < 1.29 is 24.2 Å². The van der Waals surface area contributed by atoms with Crippen LogP contribution in [0, 0.1) is 0 Å². The van der Waals surface area contributed by atoms with Crippen molar-refractivity contribution in [3.05, 3.63) is 0 Å². The Bertz CT molecular complexity index is 361. The molecule has 0 aliphatic rings. The van der Waals surface area contributed by atoms with Gasteiger partial charge in [0.25, 0.3) is 0 Å². The van der Waals surface area contributed by atoms with Crippen molar-refractivity contribution in [2.45, 2.75) is 90.0 Å². The number of carboxylic acid groups (broad SMARTS) is 1. The number of carboxylic acids is 1. The number of nitrogens with two attached hydrogens (primary N) is 1. The smallest absolute Gasteiger partial charge is 0.330 e. The standard InChI is InChI=1S/C17H31NO5.H3N/c1-2-3-4-5-6-7-8-9-10-11-16(21)23-17(22)14(18)12-13-15(19)20;/h14H,2-13,18H2,1H3,(H,19,20);1H3/t14-;/m0./s1. The zero-order valence-electron chi connectivity index (χ0n) is 15.2. The molecule has 7 nitrogen and oxygen atoms in total. The number of carbonyl (C=O) groups is 3. The molecule has 0 aliphatic carbocycles. The lowest BCUT2D eigenvalue weighted by Gasteiger charge is -2.10. The minimum Gasteiger partial charge on any atom is -0.550 e. The van der Waals surface area contributed by atoms with Crippen molar-refractivity contribution in [2.75, 3.05) is 0 Å². The molecule has 0 saturated heterocycles. The van der Waals surface area contributed by atoms with Crippen LogP contribution in [0.5, 0.6) is 0 Å². The predicted octanol–water partition coefficient (Wildman–Crippen LogP) is 2.21. The zero-order chi connectivity index (χ0) is 17.5. The topological polar surface area (TPSA) is 146 Å². The van der Waals surface area contributed by atoms with Crippen LogP contribution in [0.3, 0.4) is 0 Å². The summed E-state index contributed by atoms with van der Waals surface area (Å²) in [6, 6.07) is -1.10. The molecule has 0 aliphatic heterocycles. The summed E-state index contributed by atoms with van der Waals surface area (Å²) in [4.78, 5) is 33.2. The highest BCUT2D eigenvalue weighted by Gasteiger charge is 2.18. The van der Waals surface area contributed by atoms with E-state index >= 15 is 0 Å². The summed E-state index contributed by atoms with van der Waals surface area (Å²) < 4.78 is 4.60. The van der Waals surface area contributed by atoms with Gasteiger partial charge in [0, 0.05) is 12.4 Å². The first kappa shape index (κ1) is 24.8. The average molecular weight is 346 g/mol. The van der Waals surface area contributed by atoms with Gasteiger partial charge in [0.1, 0.15) is 6.04 Å². The molecule has 142 valence electrons. The molecule has 0 aromatic carbocycles. The van der Waals surface area contributed by atoms with Gasteiger partial charge in [-0.1, -0.05) is 58.3 Å². The van der Waals surface area contributed by atoms with Crippen LogP contribution in [0.25, 0.3) is 0 Å². The molecule has 6 N–H and O–H groups in total. The molecule has 0 spiro atoms. The van der Waals surface area contributed by atoms with Crippen molar-refractivity contribution in [3.63, 3.8) is 0 Å². The second-order valence-electron chi connectivity index (χ2n) is 5.89. The van der Waals surface area contributed by atoms with E-state index in [1.54, 1.807) is 0 Å². The third-order valence-corrected chi connectivity index (χ3v) is 3.66. The van der Waals surface area contributed by atoms with Gasteiger partial charge in [0.2, 0.25) is 0 Å². The van der Waals surface area contributed by atoms with E-state index in [-0.39, 0.29) is 25.4 Å².